The summed E-state index contributed by atoms with van der Waals surface area (Å²) in [5.41, 5.74) is 2.93. The number of unbranched alkanes of at least 4 members (excludes halogenated alkanes) is 1. The molecule has 2 fully saturated rings. The number of thioether (sulfide) groups is 1. The normalized spacial score (nSPS) is 20.9. The first kappa shape index (κ1) is 24.0. The maximum absolute atomic E-state index is 12.5. The molecule has 2 aromatic heterocycles. The Balaban J connectivity index is 1.11. The highest BCUT2D eigenvalue weighted by Gasteiger charge is 2.42. The maximum atomic E-state index is 12.5. The predicted molar refractivity (Wildman–Crippen MR) is 132 cm³/mol. The maximum Gasteiger partial charge on any atom is 0.315 e. The molecule has 0 aliphatic carbocycles. The minimum absolute atomic E-state index is 0.0150. The van der Waals surface area contributed by atoms with Crippen molar-refractivity contribution in [1.29, 1.82) is 0 Å². The molecule has 0 bridgehead atoms. The number of rotatable bonds is 10. The third-order valence-electron chi connectivity index (χ3n) is 6.01. The molecule has 0 spiro atoms. The second-order valence-electron chi connectivity index (χ2n) is 8.62. The minimum Gasteiger partial charge on any atom is -0.354 e. The van der Waals surface area contributed by atoms with Crippen LogP contribution in [0.15, 0.2) is 36.7 Å². The number of carbonyl (C=O) groups excluding carboxylic acids is 3. The first-order valence-electron chi connectivity index (χ1n) is 11.6. The summed E-state index contributed by atoms with van der Waals surface area (Å²) in [6.07, 6.45) is 6.51. The van der Waals surface area contributed by atoms with Crippen molar-refractivity contribution in [3.05, 3.63) is 47.8 Å². The van der Waals surface area contributed by atoms with Crippen molar-refractivity contribution in [3.8, 4) is 11.4 Å². The van der Waals surface area contributed by atoms with E-state index in [1.165, 1.54) is 0 Å². The Hall–Kier alpha value is -3.14. The second kappa shape index (κ2) is 11.3. The minimum atomic E-state index is -0.216. The van der Waals surface area contributed by atoms with Crippen LogP contribution in [0.25, 0.3) is 11.4 Å². The molecule has 10 heteroatoms. The summed E-state index contributed by atoms with van der Waals surface area (Å²) >= 11 is 1.89. The Morgan fingerprint density at radius 2 is 1.82 bits per heavy atom. The van der Waals surface area contributed by atoms with Gasteiger partial charge in [-0.25, -0.2) is 4.79 Å². The summed E-state index contributed by atoms with van der Waals surface area (Å²) < 4.78 is 0. The number of aromatic nitrogens is 2. The fourth-order valence-corrected chi connectivity index (χ4v) is 5.77. The van der Waals surface area contributed by atoms with Gasteiger partial charge in [0.2, 0.25) is 5.91 Å². The van der Waals surface area contributed by atoms with Crippen LogP contribution in [0, 0.1) is 6.92 Å². The van der Waals surface area contributed by atoms with Gasteiger partial charge in [-0.3, -0.25) is 19.6 Å². The molecule has 4 amide bonds. The summed E-state index contributed by atoms with van der Waals surface area (Å²) in [6, 6.07) is 7.58. The van der Waals surface area contributed by atoms with E-state index in [0.29, 0.717) is 36.0 Å². The number of aryl methyl sites for hydroxylation is 1. The molecule has 2 saturated heterocycles. The molecule has 3 atom stereocenters. The van der Waals surface area contributed by atoms with Crippen molar-refractivity contribution in [1.82, 2.24) is 31.2 Å². The van der Waals surface area contributed by atoms with E-state index < -0.39 is 0 Å². The van der Waals surface area contributed by atoms with Crippen molar-refractivity contribution >= 4 is 29.6 Å². The largest absolute Gasteiger partial charge is 0.354 e. The summed E-state index contributed by atoms with van der Waals surface area (Å²) in [5.74, 6) is 0.717. The zero-order valence-electron chi connectivity index (χ0n) is 19.2. The summed E-state index contributed by atoms with van der Waals surface area (Å²) in [6.45, 7) is 2.70. The van der Waals surface area contributed by atoms with Crippen LogP contribution in [0.3, 0.4) is 0 Å². The van der Waals surface area contributed by atoms with Gasteiger partial charge in [0.1, 0.15) is 0 Å². The van der Waals surface area contributed by atoms with Gasteiger partial charge in [-0.15, -0.1) is 0 Å². The van der Waals surface area contributed by atoms with Crippen LogP contribution < -0.4 is 21.3 Å². The van der Waals surface area contributed by atoms with E-state index in [4.69, 9.17) is 0 Å². The van der Waals surface area contributed by atoms with Gasteiger partial charge in [0.15, 0.2) is 0 Å². The number of urea groups is 1. The van der Waals surface area contributed by atoms with Crippen molar-refractivity contribution in [3.63, 3.8) is 0 Å². The zero-order chi connectivity index (χ0) is 23.9. The quantitative estimate of drug-likeness (QED) is 0.303. The molecule has 0 radical (unpaired) electrons. The highest BCUT2D eigenvalue weighted by molar-refractivity contribution is 8.00. The molecular formula is C24H30N6O3S. The van der Waals surface area contributed by atoms with E-state index in [1.807, 2.05) is 30.8 Å². The Labute approximate surface area is 203 Å². The summed E-state index contributed by atoms with van der Waals surface area (Å²) in [5, 5.41) is 12.0. The standard InChI is InChI=1S/C24H30N6O3S/c1-15-6-8-25-17(12-15)18-13-16(7-9-26-18)23(32)28-11-10-27-21(31)5-3-2-4-20-22-19(14-34-20)29-24(33)30-22/h6-9,12-13,19-20,22H,2-5,10-11,14H2,1H3,(H,27,31)(H,28,32)(H2,29,30,33)/t19-,20-,22-/m0/s1. The molecule has 0 unspecified atom stereocenters. The lowest BCUT2D eigenvalue weighted by atomic mass is 10.0. The Morgan fingerprint density at radius 3 is 2.65 bits per heavy atom. The van der Waals surface area contributed by atoms with Gasteiger partial charge in [-0.1, -0.05) is 6.42 Å². The molecular weight excluding hydrogens is 452 g/mol. The third-order valence-corrected chi connectivity index (χ3v) is 7.52. The van der Waals surface area contributed by atoms with E-state index in [9.17, 15) is 14.4 Å². The van der Waals surface area contributed by atoms with E-state index in [-0.39, 0.29) is 29.9 Å². The number of hydrogen-bond acceptors (Lipinski definition) is 6. The van der Waals surface area contributed by atoms with Gasteiger partial charge >= 0.3 is 6.03 Å². The van der Waals surface area contributed by atoms with Crippen molar-refractivity contribution in [2.75, 3.05) is 18.8 Å². The van der Waals surface area contributed by atoms with Crippen LogP contribution in [0.5, 0.6) is 0 Å². The van der Waals surface area contributed by atoms with Crippen LogP contribution in [0.1, 0.15) is 41.6 Å². The van der Waals surface area contributed by atoms with Crippen molar-refractivity contribution < 1.29 is 14.4 Å². The molecule has 4 heterocycles. The fraction of sp³-hybridized carbons (Fsp3) is 0.458. The molecule has 0 saturated carbocycles. The molecule has 2 aliphatic heterocycles. The Bertz CT molecular complexity index is 1050. The number of hydrogen-bond donors (Lipinski definition) is 4. The first-order valence-corrected chi connectivity index (χ1v) is 12.7. The fourth-order valence-electron chi connectivity index (χ4n) is 4.23. The number of pyridine rings is 2. The van der Waals surface area contributed by atoms with E-state index >= 15 is 0 Å². The Morgan fingerprint density at radius 1 is 1.06 bits per heavy atom. The molecule has 2 aromatic rings. The van der Waals surface area contributed by atoms with Crippen LogP contribution in [-0.4, -0.2) is 64.0 Å². The lowest BCUT2D eigenvalue weighted by Crippen LogP contribution is -2.36. The molecule has 34 heavy (non-hydrogen) atoms. The van der Waals surface area contributed by atoms with Gasteiger partial charge in [0.05, 0.1) is 23.5 Å². The highest BCUT2D eigenvalue weighted by atomic mass is 32.2. The first-order chi connectivity index (χ1) is 16.5. The number of amides is 4. The van der Waals surface area contributed by atoms with Gasteiger partial charge in [-0.2, -0.15) is 11.8 Å². The third kappa shape index (κ3) is 6.25. The molecule has 0 aromatic carbocycles. The van der Waals surface area contributed by atoms with Crippen LogP contribution in [0.4, 0.5) is 4.79 Å². The zero-order valence-corrected chi connectivity index (χ0v) is 20.0. The van der Waals surface area contributed by atoms with Crippen molar-refractivity contribution in [2.45, 2.75) is 49.9 Å². The molecule has 4 rings (SSSR count). The number of nitrogens with zero attached hydrogens (tertiary/aromatic N) is 2. The molecule has 9 nitrogen and oxygen atoms in total. The van der Waals surface area contributed by atoms with Crippen LogP contribution >= 0.6 is 11.8 Å². The molecule has 180 valence electrons. The number of fused-ring (bicyclic) bond motifs is 1. The summed E-state index contributed by atoms with van der Waals surface area (Å²) in [4.78, 5) is 44.6. The topological polar surface area (TPSA) is 125 Å². The lowest BCUT2D eigenvalue weighted by molar-refractivity contribution is -0.121. The number of nitrogens with one attached hydrogen (secondary N) is 4. The second-order valence-corrected chi connectivity index (χ2v) is 9.89. The molecule has 2 aliphatic rings. The molecule has 4 N–H and O–H groups in total. The van der Waals surface area contributed by atoms with Gasteiger partial charge in [-0.05, 0) is 49.6 Å². The van der Waals surface area contributed by atoms with Gasteiger partial charge in [0, 0.05) is 48.5 Å². The number of carbonyl (C=O) groups is 3. The lowest BCUT2D eigenvalue weighted by Gasteiger charge is -2.16. The van der Waals surface area contributed by atoms with Crippen LogP contribution in [-0.2, 0) is 4.79 Å². The SMILES string of the molecule is Cc1ccnc(-c2cc(C(=O)NCCNC(=O)CCCC[C@@H]3SC[C@@H]4NC(=O)N[C@@H]43)ccn2)c1. The average molecular weight is 483 g/mol. The van der Waals surface area contributed by atoms with E-state index in [1.54, 1.807) is 24.5 Å². The van der Waals surface area contributed by atoms with Gasteiger partial charge < -0.3 is 21.3 Å². The monoisotopic (exact) mass is 482 g/mol. The van der Waals surface area contributed by atoms with E-state index in [0.717, 1.165) is 36.3 Å². The Kier molecular flexibility index (Phi) is 7.99. The smallest absolute Gasteiger partial charge is 0.315 e. The highest BCUT2D eigenvalue weighted by Crippen LogP contribution is 2.33. The predicted octanol–water partition coefficient (Wildman–Crippen LogP) is 2.02. The summed E-state index contributed by atoms with van der Waals surface area (Å²) in [7, 11) is 0. The van der Waals surface area contributed by atoms with E-state index in [2.05, 4.69) is 31.2 Å². The average Bonchev–Trinajstić information content (AvgIpc) is 3.38. The van der Waals surface area contributed by atoms with Crippen molar-refractivity contribution in [2.24, 2.45) is 0 Å². The van der Waals surface area contributed by atoms with Gasteiger partial charge in [0.25, 0.3) is 5.91 Å². The van der Waals surface area contributed by atoms with Crippen LogP contribution in [0.2, 0.25) is 0 Å².